The maximum Gasteiger partial charge on any atom is 0.243 e. The Bertz CT molecular complexity index is 449. The molecular formula is C14H19FN2O. The van der Waals surface area contributed by atoms with Crippen molar-refractivity contribution in [1.29, 1.82) is 0 Å². The first-order valence-corrected chi connectivity index (χ1v) is 6.36. The number of rotatable bonds is 3. The highest BCUT2D eigenvalue weighted by atomic mass is 19.1. The van der Waals surface area contributed by atoms with Gasteiger partial charge in [0.05, 0.1) is 5.69 Å². The van der Waals surface area contributed by atoms with Crippen LogP contribution < -0.4 is 11.1 Å². The molecule has 2 atom stereocenters. The molecule has 0 bridgehead atoms. The fourth-order valence-corrected chi connectivity index (χ4v) is 2.77. The van der Waals surface area contributed by atoms with Gasteiger partial charge in [-0.3, -0.25) is 4.79 Å². The van der Waals surface area contributed by atoms with E-state index in [9.17, 15) is 9.18 Å². The second-order valence-electron chi connectivity index (χ2n) is 5.25. The number of carbonyl (C=O) groups excluding carboxylic acids is 1. The largest absolute Gasteiger partial charge is 0.369 e. The van der Waals surface area contributed by atoms with E-state index in [0.717, 1.165) is 12.8 Å². The predicted octanol–water partition coefficient (Wildman–Crippen LogP) is 2.67. The number of primary amides is 1. The first-order valence-electron chi connectivity index (χ1n) is 6.36. The summed E-state index contributed by atoms with van der Waals surface area (Å²) in [5.74, 6) is -0.320. The van der Waals surface area contributed by atoms with E-state index in [-0.39, 0.29) is 5.82 Å². The van der Waals surface area contributed by atoms with Crippen LogP contribution in [-0.4, -0.2) is 11.4 Å². The van der Waals surface area contributed by atoms with E-state index in [2.05, 4.69) is 12.2 Å². The van der Waals surface area contributed by atoms with E-state index < -0.39 is 11.4 Å². The van der Waals surface area contributed by atoms with Gasteiger partial charge in [-0.15, -0.1) is 0 Å². The molecule has 18 heavy (non-hydrogen) atoms. The van der Waals surface area contributed by atoms with Crippen LogP contribution in [-0.2, 0) is 4.79 Å². The maximum absolute atomic E-state index is 13.7. The van der Waals surface area contributed by atoms with Crippen LogP contribution in [0.5, 0.6) is 0 Å². The lowest BCUT2D eigenvalue weighted by Gasteiger charge is -2.38. The number of para-hydroxylation sites is 1. The SMILES string of the molecule is CC1CCCC(Nc2ccccc2F)(C(N)=O)C1. The van der Waals surface area contributed by atoms with Crippen LogP contribution in [0.4, 0.5) is 10.1 Å². The number of benzene rings is 1. The molecule has 1 aromatic rings. The summed E-state index contributed by atoms with van der Waals surface area (Å²) >= 11 is 0. The molecular weight excluding hydrogens is 231 g/mol. The molecule has 0 aromatic heterocycles. The first-order chi connectivity index (χ1) is 8.53. The molecule has 1 aromatic carbocycles. The van der Waals surface area contributed by atoms with Crippen molar-refractivity contribution < 1.29 is 9.18 Å². The van der Waals surface area contributed by atoms with Gasteiger partial charge in [0.2, 0.25) is 5.91 Å². The highest BCUT2D eigenvalue weighted by Crippen LogP contribution is 2.35. The van der Waals surface area contributed by atoms with Crippen molar-refractivity contribution >= 4 is 11.6 Å². The van der Waals surface area contributed by atoms with E-state index >= 15 is 0 Å². The minimum atomic E-state index is -0.806. The van der Waals surface area contributed by atoms with Crippen molar-refractivity contribution in [2.45, 2.75) is 38.1 Å². The number of nitrogens with two attached hydrogens (primary N) is 1. The second-order valence-corrected chi connectivity index (χ2v) is 5.25. The predicted molar refractivity (Wildman–Crippen MR) is 69.6 cm³/mol. The second kappa shape index (κ2) is 4.96. The molecule has 1 saturated carbocycles. The lowest BCUT2D eigenvalue weighted by atomic mass is 9.75. The van der Waals surface area contributed by atoms with Gasteiger partial charge in [0, 0.05) is 0 Å². The summed E-state index contributed by atoms with van der Waals surface area (Å²) in [5.41, 5.74) is 5.08. The first kappa shape index (κ1) is 12.9. The number of hydrogen-bond donors (Lipinski definition) is 2. The summed E-state index contributed by atoms with van der Waals surface area (Å²) in [6.07, 6.45) is 3.36. The molecule has 0 saturated heterocycles. The molecule has 98 valence electrons. The smallest absolute Gasteiger partial charge is 0.243 e. The number of nitrogens with one attached hydrogen (secondary N) is 1. The summed E-state index contributed by atoms with van der Waals surface area (Å²) in [7, 11) is 0. The van der Waals surface area contributed by atoms with E-state index in [1.54, 1.807) is 18.2 Å². The van der Waals surface area contributed by atoms with E-state index in [1.807, 2.05) is 0 Å². The van der Waals surface area contributed by atoms with E-state index in [4.69, 9.17) is 5.73 Å². The third-order valence-corrected chi connectivity index (χ3v) is 3.72. The fraction of sp³-hybridized carbons (Fsp3) is 0.500. The summed E-state index contributed by atoms with van der Waals surface area (Å²) in [6, 6.07) is 6.38. The highest BCUT2D eigenvalue weighted by Gasteiger charge is 2.40. The molecule has 1 aliphatic carbocycles. The molecule has 0 spiro atoms. The average Bonchev–Trinajstić information content (AvgIpc) is 2.32. The molecule has 2 unspecified atom stereocenters. The van der Waals surface area contributed by atoms with Gasteiger partial charge in [0.25, 0.3) is 0 Å². The maximum atomic E-state index is 13.7. The lowest BCUT2D eigenvalue weighted by Crippen LogP contribution is -2.53. The van der Waals surface area contributed by atoms with Crippen LogP contribution in [0.1, 0.15) is 32.6 Å². The van der Waals surface area contributed by atoms with Crippen molar-refractivity contribution in [1.82, 2.24) is 0 Å². The number of amides is 1. The third-order valence-electron chi connectivity index (χ3n) is 3.72. The Labute approximate surface area is 107 Å². The normalized spacial score (nSPS) is 27.8. The lowest BCUT2D eigenvalue weighted by molar-refractivity contribution is -0.123. The molecule has 4 heteroatoms. The van der Waals surface area contributed by atoms with Gasteiger partial charge in [0.15, 0.2) is 0 Å². The van der Waals surface area contributed by atoms with Gasteiger partial charge in [-0.2, -0.15) is 0 Å². The van der Waals surface area contributed by atoms with Crippen molar-refractivity contribution in [3.8, 4) is 0 Å². The van der Waals surface area contributed by atoms with Gasteiger partial charge < -0.3 is 11.1 Å². The number of halogens is 1. The Morgan fingerprint density at radius 1 is 1.50 bits per heavy atom. The Hall–Kier alpha value is -1.58. The number of hydrogen-bond acceptors (Lipinski definition) is 2. The number of anilines is 1. The molecule has 0 aliphatic heterocycles. The quantitative estimate of drug-likeness (QED) is 0.866. The van der Waals surface area contributed by atoms with Crippen LogP contribution in [0.25, 0.3) is 0 Å². The van der Waals surface area contributed by atoms with Gasteiger partial charge in [-0.25, -0.2) is 4.39 Å². The van der Waals surface area contributed by atoms with Crippen LogP contribution in [0.15, 0.2) is 24.3 Å². The van der Waals surface area contributed by atoms with Gasteiger partial charge in [-0.1, -0.05) is 31.9 Å². The van der Waals surface area contributed by atoms with Crippen LogP contribution >= 0.6 is 0 Å². The average molecular weight is 250 g/mol. The Balaban J connectivity index is 2.26. The molecule has 1 aliphatic rings. The monoisotopic (exact) mass is 250 g/mol. The zero-order chi connectivity index (χ0) is 13.2. The van der Waals surface area contributed by atoms with Crippen molar-refractivity contribution in [3.63, 3.8) is 0 Å². The highest BCUT2D eigenvalue weighted by molar-refractivity contribution is 5.88. The van der Waals surface area contributed by atoms with Crippen LogP contribution in [0.3, 0.4) is 0 Å². The Kier molecular flexibility index (Phi) is 3.55. The minimum absolute atomic E-state index is 0.351. The van der Waals surface area contributed by atoms with Crippen LogP contribution in [0, 0.1) is 11.7 Å². The Morgan fingerprint density at radius 3 is 2.83 bits per heavy atom. The zero-order valence-electron chi connectivity index (χ0n) is 10.6. The summed E-state index contributed by atoms with van der Waals surface area (Å²) < 4.78 is 13.7. The van der Waals surface area contributed by atoms with Gasteiger partial charge >= 0.3 is 0 Å². The third kappa shape index (κ3) is 2.47. The molecule has 0 radical (unpaired) electrons. The van der Waals surface area contributed by atoms with Gasteiger partial charge in [-0.05, 0) is 30.9 Å². The molecule has 3 N–H and O–H groups in total. The van der Waals surface area contributed by atoms with Crippen LogP contribution in [0.2, 0.25) is 0 Å². The molecule has 0 heterocycles. The van der Waals surface area contributed by atoms with Crippen molar-refractivity contribution in [3.05, 3.63) is 30.1 Å². The fourth-order valence-electron chi connectivity index (χ4n) is 2.77. The van der Waals surface area contributed by atoms with Crippen molar-refractivity contribution in [2.75, 3.05) is 5.32 Å². The molecule has 1 fully saturated rings. The number of carbonyl (C=O) groups is 1. The van der Waals surface area contributed by atoms with Crippen molar-refractivity contribution in [2.24, 2.45) is 11.7 Å². The Morgan fingerprint density at radius 2 is 2.22 bits per heavy atom. The molecule has 1 amide bonds. The summed E-state index contributed by atoms with van der Waals surface area (Å²) in [4.78, 5) is 11.8. The van der Waals surface area contributed by atoms with E-state index in [0.29, 0.717) is 24.4 Å². The molecule has 2 rings (SSSR count). The minimum Gasteiger partial charge on any atom is -0.369 e. The standard InChI is InChI=1S/C14H19FN2O/c1-10-5-4-8-14(9-10,13(16)18)17-12-7-3-2-6-11(12)15/h2-3,6-7,10,17H,4-5,8-9H2,1H3,(H2,16,18). The van der Waals surface area contributed by atoms with Gasteiger partial charge in [0.1, 0.15) is 11.4 Å². The summed E-state index contributed by atoms with van der Waals surface area (Å²) in [6.45, 7) is 2.10. The topological polar surface area (TPSA) is 55.1 Å². The zero-order valence-corrected chi connectivity index (χ0v) is 10.6. The van der Waals surface area contributed by atoms with E-state index in [1.165, 1.54) is 6.07 Å². The summed E-state index contributed by atoms with van der Waals surface area (Å²) in [5, 5.41) is 3.04. The molecule has 3 nitrogen and oxygen atoms in total.